The number of ether oxygens (including phenoxy) is 1. The Labute approximate surface area is 327 Å². The maximum atomic E-state index is 6.60. The zero-order valence-corrected chi connectivity index (χ0v) is 30.6. The topological polar surface area (TPSA) is 35.0 Å². The molecule has 8 aromatic carbocycles. The first kappa shape index (κ1) is 33.2. The lowest BCUT2D eigenvalue weighted by atomic mass is 9.62. The van der Waals surface area contributed by atoms with E-state index in [9.17, 15) is 0 Å². The second kappa shape index (κ2) is 14.1. The summed E-state index contributed by atoms with van der Waals surface area (Å²) in [5.74, 6) is 2.44. The van der Waals surface area contributed by atoms with Gasteiger partial charge in [0.15, 0.2) is 5.82 Å². The average Bonchev–Trinajstić information content (AvgIpc) is 3.29. The molecular weight excluding hydrogens is 681 g/mol. The number of hydrogen-bond donors (Lipinski definition) is 0. The minimum absolute atomic E-state index is 0.626. The molecule has 0 unspecified atom stereocenters. The highest BCUT2D eigenvalue weighted by Crippen LogP contribution is 2.56. The predicted octanol–water partition coefficient (Wildman–Crippen LogP) is 13.3. The number of nitrogens with zero attached hydrogens (tertiary/aromatic N) is 2. The van der Waals surface area contributed by atoms with Gasteiger partial charge in [-0.25, -0.2) is 9.97 Å². The standard InChI is InChI=1S/C53H36N2O/c1-4-18-37(19-5-1)48-36-49(55-52(54-48)38-20-6-2-7-21-38)42-25-17-23-40(35-42)39-22-16-24-41(34-39)44-28-10-11-29-45(44)53(43-26-8-3-9-27-43)46-30-12-14-32-50(46)56-51-33-15-13-31-47(51)53/h1-36H. The molecule has 0 fully saturated rings. The monoisotopic (exact) mass is 716 g/mol. The quantitative estimate of drug-likeness (QED) is 0.165. The Morgan fingerprint density at radius 2 is 0.768 bits per heavy atom. The van der Waals surface area contributed by atoms with Crippen LogP contribution in [0.15, 0.2) is 218 Å². The van der Waals surface area contributed by atoms with Crippen molar-refractivity contribution in [2.75, 3.05) is 0 Å². The van der Waals surface area contributed by atoms with E-state index in [4.69, 9.17) is 14.7 Å². The van der Waals surface area contributed by atoms with Crippen molar-refractivity contribution in [3.8, 4) is 67.7 Å². The average molecular weight is 717 g/mol. The van der Waals surface area contributed by atoms with E-state index < -0.39 is 5.41 Å². The molecule has 9 aromatic rings. The summed E-state index contributed by atoms with van der Waals surface area (Å²) in [7, 11) is 0. The molecule has 0 saturated carbocycles. The Hall–Kier alpha value is -7.36. The van der Waals surface area contributed by atoms with Crippen LogP contribution in [0.2, 0.25) is 0 Å². The van der Waals surface area contributed by atoms with Gasteiger partial charge in [0, 0.05) is 27.8 Å². The van der Waals surface area contributed by atoms with Crippen LogP contribution in [-0.4, -0.2) is 9.97 Å². The van der Waals surface area contributed by atoms with E-state index >= 15 is 0 Å². The van der Waals surface area contributed by atoms with E-state index in [1.165, 1.54) is 11.1 Å². The Morgan fingerprint density at radius 3 is 1.41 bits per heavy atom. The predicted molar refractivity (Wildman–Crippen MR) is 228 cm³/mol. The molecule has 0 atom stereocenters. The fourth-order valence-electron chi connectivity index (χ4n) is 8.29. The van der Waals surface area contributed by atoms with Crippen molar-refractivity contribution in [1.29, 1.82) is 0 Å². The molecule has 56 heavy (non-hydrogen) atoms. The van der Waals surface area contributed by atoms with E-state index in [-0.39, 0.29) is 0 Å². The maximum Gasteiger partial charge on any atom is 0.160 e. The van der Waals surface area contributed by atoms with Gasteiger partial charge in [0.1, 0.15) is 11.5 Å². The molecular formula is C53H36N2O. The maximum absolute atomic E-state index is 6.60. The van der Waals surface area contributed by atoms with Gasteiger partial charge in [-0.1, -0.05) is 188 Å². The Balaban J connectivity index is 1.12. The fraction of sp³-hybridized carbons (Fsp3) is 0.0189. The van der Waals surface area contributed by atoms with Crippen molar-refractivity contribution in [2.45, 2.75) is 5.41 Å². The summed E-state index contributed by atoms with van der Waals surface area (Å²) < 4.78 is 6.60. The highest BCUT2D eigenvalue weighted by Gasteiger charge is 2.46. The first-order chi connectivity index (χ1) is 27.8. The Kier molecular flexibility index (Phi) is 8.38. The molecule has 0 bridgehead atoms. The van der Waals surface area contributed by atoms with Gasteiger partial charge < -0.3 is 4.74 Å². The van der Waals surface area contributed by atoms with Crippen molar-refractivity contribution in [1.82, 2.24) is 9.97 Å². The summed E-state index contributed by atoms with van der Waals surface area (Å²) >= 11 is 0. The third-order valence-electron chi connectivity index (χ3n) is 10.8. The van der Waals surface area contributed by atoms with E-state index in [2.05, 4.69) is 182 Å². The van der Waals surface area contributed by atoms with Gasteiger partial charge in [0.25, 0.3) is 0 Å². The second-order valence-corrected chi connectivity index (χ2v) is 14.1. The molecule has 3 heteroatoms. The lowest BCUT2D eigenvalue weighted by Crippen LogP contribution is -2.34. The molecule has 264 valence electrons. The number of para-hydroxylation sites is 2. The molecule has 0 aliphatic carbocycles. The number of rotatable bonds is 7. The first-order valence-corrected chi connectivity index (χ1v) is 19.0. The first-order valence-electron chi connectivity index (χ1n) is 19.0. The molecule has 1 aliphatic heterocycles. The van der Waals surface area contributed by atoms with Crippen LogP contribution in [0.1, 0.15) is 22.3 Å². The lowest BCUT2D eigenvalue weighted by Gasteiger charge is -2.42. The summed E-state index contributed by atoms with van der Waals surface area (Å²) in [5.41, 5.74) is 13.4. The number of fused-ring (bicyclic) bond motifs is 2. The van der Waals surface area contributed by atoms with Gasteiger partial charge in [-0.05, 0) is 63.7 Å². The third-order valence-corrected chi connectivity index (χ3v) is 10.8. The summed E-state index contributed by atoms with van der Waals surface area (Å²) in [4.78, 5) is 10.1. The highest BCUT2D eigenvalue weighted by molar-refractivity contribution is 5.82. The normalized spacial score (nSPS) is 12.6. The summed E-state index contributed by atoms with van der Waals surface area (Å²) in [6.45, 7) is 0. The molecule has 1 aromatic heterocycles. The van der Waals surface area contributed by atoms with Crippen LogP contribution < -0.4 is 4.74 Å². The smallest absolute Gasteiger partial charge is 0.160 e. The zero-order chi connectivity index (χ0) is 37.3. The number of aromatic nitrogens is 2. The van der Waals surface area contributed by atoms with Gasteiger partial charge in [-0.3, -0.25) is 0 Å². The molecule has 0 radical (unpaired) electrons. The van der Waals surface area contributed by atoms with Gasteiger partial charge in [-0.15, -0.1) is 0 Å². The van der Waals surface area contributed by atoms with Crippen molar-refractivity contribution >= 4 is 0 Å². The van der Waals surface area contributed by atoms with E-state index in [1.807, 2.05) is 36.4 Å². The van der Waals surface area contributed by atoms with Gasteiger partial charge >= 0.3 is 0 Å². The zero-order valence-electron chi connectivity index (χ0n) is 30.6. The van der Waals surface area contributed by atoms with Crippen molar-refractivity contribution in [3.63, 3.8) is 0 Å². The van der Waals surface area contributed by atoms with Crippen molar-refractivity contribution < 1.29 is 4.74 Å². The molecule has 0 amide bonds. The minimum atomic E-state index is -0.626. The van der Waals surface area contributed by atoms with Crippen molar-refractivity contribution in [2.24, 2.45) is 0 Å². The van der Waals surface area contributed by atoms with Crippen LogP contribution in [0, 0.1) is 0 Å². The molecule has 0 spiro atoms. The molecule has 3 nitrogen and oxygen atoms in total. The van der Waals surface area contributed by atoms with Gasteiger partial charge in [0.2, 0.25) is 0 Å². The second-order valence-electron chi connectivity index (χ2n) is 14.1. The van der Waals surface area contributed by atoms with Crippen LogP contribution in [-0.2, 0) is 5.41 Å². The largest absolute Gasteiger partial charge is 0.457 e. The van der Waals surface area contributed by atoms with Crippen LogP contribution >= 0.6 is 0 Å². The summed E-state index contributed by atoms with van der Waals surface area (Å²) in [6, 6.07) is 76.9. The number of benzene rings is 8. The SMILES string of the molecule is c1ccc(-c2cc(-c3cccc(-c4cccc(-c5ccccc5C5(c6ccccc6)c6ccccc6Oc6ccccc65)c4)c3)nc(-c3ccccc3)n2)cc1. The Morgan fingerprint density at radius 1 is 0.321 bits per heavy atom. The summed E-state index contributed by atoms with van der Waals surface area (Å²) in [5, 5.41) is 0. The summed E-state index contributed by atoms with van der Waals surface area (Å²) in [6.07, 6.45) is 0. The molecule has 10 rings (SSSR count). The molecule has 1 aliphatic rings. The fourth-order valence-corrected chi connectivity index (χ4v) is 8.29. The molecule has 0 saturated heterocycles. The molecule has 2 heterocycles. The van der Waals surface area contributed by atoms with Crippen LogP contribution in [0.3, 0.4) is 0 Å². The van der Waals surface area contributed by atoms with E-state index in [1.54, 1.807) is 0 Å². The van der Waals surface area contributed by atoms with Crippen molar-refractivity contribution in [3.05, 3.63) is 241 Å². The van der Waals surface area contributed by atoms with E-state index in [0.717, 1.165) is 73.0 Å². The minimum Gasteiger partial charge on any atom is -0.457 e. The third kappa shape index (κ3) is 5.78. The highest BCUT2D eigenvalue weighted by atomic mass is 16.5. The number of hydrogen-bond acceptors (Lipinski definition) is 3. The lowest BCUT2D eigenvalue weighted by molar-refractivity contribution is 0.434. The van der Waals surface area contributed by atoms with Gasteiger partial charge in [0.05, 0.1) is 16.8 Å². The van der Waals surface area contributed by atoms with E-state index in [0.29, 0.717) is 5.82 Å². The molecule has 0 N–H and O–H groups in total. The van der Waals surface area contributed by atoms with Crippen LogP contribution in [0.4, 0.5) is 0 Å². The Bertz CT molecular complexity index is 2730. The van der Waals surface area contributed by atoms with Gasteiger partial charge in [-0.2, -0.15) is 0 Å². The van der Waals surface area contributed by atoms with Crippen LogP contribution in [0.25, 0.3) is 56.2 Å². The van der Waals surface area contributed by atoms with Crippen LogP contribution in [0.5, 0.6) is 11.5 Å².